The molecule has 2 N–H and O–H groups in total. The summed E-state index contributed by atoms with van der Waals surface area (Å²) in [4.78, 5) is 29.2. The van der Waals surface area contributed by atoms with Gasteiger partial charge in [-0.05, 0) is 55.9 Å². The lowest BCUT2D eigenvalue weighted by molar-refractivity contribution is -0.129. The maximum Gasteiger partial charge on any atom is 0.321 e. The van der Waals surface area contributed by atoms with Gasteiger partial charge in [0.05, 0.1) is 24.2 Å². The van der Waals surface area contributed by atoms with Crippen LogP contribution in [0.4, 0.5) is 10.5 Å². The molecule has 188 valence electrons. The Bertz CT molecular complexity index is 1170. The number of hydrogen-bond acceptors (Lipinski definition) is 5. The third-order valence-electron chi connectivity index (χ3n) is 7.00. The Kier molecular flexibility index (Phi) is 7.32. The Hall–Kier alpha value is -3.11. The van der Waals surface area contributed by atoms with Crippen molar-refractivity contribution in [2.24, 2.45) is 5.41 Å². The first kappa shape index (κ1) is 25.0. The number of likely N-dealkylation sites (tertiary alicyclic amines) is 2. The van der Waals surface area contributed by atoms with E-state index >= 15 is 0 Å². The number of aryl methyl sites for hydroxylation is 1. The molecule has 4 rings (SSSR count). The molecule has 1 spiro atoms. The number of anilines is 1. The van der Waals surface area contributed by atoms with Gasteiger partial charge >= 0.3 is 6.03 Å². The van der Waals surface area contributed by atoms with E-state index in [1.54, 1.807) is 41.2 Å². The summed E-state index contributed by atoms with van der Waals surface area (Å²) in [5, 5.41) is 2.92. The lowest BCUT2D eigenvalue weighted by Gasteiger charge is -2.39. The molecule has 0 bridgehead atoms. The van der Waals surface area contributed by atoms with Crippen LogP contribution in [0.3, 0.4) is 0 Å². The van der Waals surface area contributed by atoms with Crippen molar-refractivity contribution in [3.05, 3.63) is 54.1 Å². The third kappa shape index (κ3) is 5.76. The van der Waals surface area contributed by atoms with Crippen molar-refractivity contribution in [2.75, 3.05) is 45.2 Å². The summed E-state index contributed by atoms with van der Waals surface area (Å²) < 4.78 is 32.7. The highest BCUT2D eigenvalue weighted by Crippen LogP contribution is 2.40. The summed E-state index contributed by atoms with van der Waals surface area (Å²) in [5.74, 6) is 0.381. The summed E-state index contributed by atoms with van der Waals surface area (Å²) in [7, 11) is -2.17. The molecule has 2 aliphatic heterocycles. The first-order valence-corrected chi connectivity index (χ1v) is 13.2. The highest BCUT2D eigenvalue weighted by atomic mass is 32.2. The van der Waals surface area contributed by atoms with Crippen LogP contribution in [-0.4, -0.2) is 70.0 Å². The number of nitrogens with zero attached hydrogens (tertiary/aromatic N) is 2. The molecule has 2 aliphatic rings. The zero-order chi connectivity index (χ0) is 25.1. The van der Waals surface area contributed by atoms with Crippen molar-refractivity contribution in [3.63, 3.8) is 0 Å². The zero-order valence-corrected chi connectivity index (χ0v) is 20.9. The molecule has 2 heterocycles. The second-order valence-corrected chi connectivity index (χ2v) is 11.1. The fraction of sp³-hybridized carbons (Fsp3) is 0.440. The van der Waals surface area contributed by atoms with E-state index in [1.807, 2.05) is 19.1 Å². The minimum absolute atomic E-state index is 0.0350. The molecule has 0 saturated carbocycles. The molecule has 10 heteroatoms. The standard InChI is InChI=1S/C25H32N4O5S/c1-19-7-9-20(10-8-19)35(32,33)26-17-23(30)29-16-13-25(18-29)11-14-28(15-12-25)24(31)27-21-5-3-4-6-22(21)34-2/h3-10,26H,11-18H2,1-2H3,(H,27,31). The van der Waals surface area contributed by atoms with E-state index in [0.717, 1.165) is 24.8 Å². The van der Waals surface area contributed by atoms with Gasteiger partial charge in [-0.15, -0.1) is 0 Å². The zero-order valence-electron chi connectivity index (χ0n) is 20.1. The summed E-state index contributed by atoms with van der Waals surface area (Å²) in [6.07, 6.45) is 2.45. The van der Waals surface area contributed by atoms with Gasteiger partial charge in [0, 0.05) is 26.2 Å². The molecule has 3 amide bonds. The first-order valence-electron chi connectivity index (χ1n) is 11.7. The molecule has 0 aliphatic carbocycles. The average Bonchev–Trinajstić information content (AvgIpc) is 3.27. The second-order valence-electron chi connectivity index (χ2n) is 9.32. The van der Waals surface area contributed by atoms with Gasteiger partial charge in [0.1, 0.15) is 5.75 Å². The molecule has 0 unspecified atom stereocenters. The maximum absolute atomic E-state index is 12.8. The highest BCUT2D eigenvalue weighted by molar-refractivity contribution is 7.89. The van der Waals surface area contributed by atoms with Crippen LogP contribution in [0.25, 0.3) is 0 Å². The van der Waals surface area contributed by atoms with E-state index in [9.17, 15) is 18.0 Å². The molecular weight excluding hydrogens is 468 g/mol. The van der Waals surface area contributed by atoms with Crippen LogP contribution in [0.15, 0.2) is 53.4 Å². The van der Waals surface area contributed by atoms with Crippen LogP contribution in [0.5, 0.6) is 5.75 Å². The van der Waals surface area contributed by atoms with Crippen LogP contribution in [0.1, 0.15) is 24.8 Å². The Morgan fingerprint density at radius 2 is 1.60 bits per heavy atom. The van der Waals surface area contributed by atoms with Gasteiger partial charge in [-0.2, -0.15) is 0 Å². The van der Waals surface area contributed by atoms with Gasteiger partial charge in [0.25, 0.3) is 0 Å². The van der Waals surface area contributed by atoms with Gasteiger partial charge in [-0.25, -0.2) is 17.9 Å². The predicted molar refractivity (Wildman–Crippen MR) is 133 cm³/mol. The molecule has 2 saturated heterocycles. The van der Waals surface area contributed by atoms with E-state index in [2.05, 4.69) is 10.0 Å². The molecule has 0 atom stereocenters. The molecule has 2 fully saturated rings. The van der Waals surface area contributed by atoms with Gasteiger partial charge < -0.3 is 19.9 Å². The number of carbonyl (C=O) groups excluding carboxylic acids is 2. The fourth-order valence-corrected chi connectivity index (χ4v) is 5.73. The molecular formula is C25H32N4O5S. The Balaban J connectivity index is 1.27. The van der Waals surface area contributed by atoms with Crippen molar-refractivity contribution in [1.29, 1.82) is 0 Å². The van der Waals surface area contributed by atoms with Crippen molar-refractivity contribution in [2.45, 2.75) is 31.1 Å². The van der Waals surface area contributed by atoms with Crippen molar-refractivity contribution in [1.82, 2.24) is 14.5 Å². The number of para-hydroxylation sites is 2. The summed E-state index contributed by atoms with van der Waals surface area (Å²) in [5.41, 5.74) is 1.56. The van der Waals surface area contributed by atoms with Crippen LogP contribution in [0, 0.1) is 12.3 Å². The van der Waals surface area contributed by atoms with Gasteiger partial charge in [0.2, 0.25) is 15.9 Å². The Morgan fingerprint density at radius 3 is 2.26 bits per heavy atom. The van der Waals surface area contributed by atoms with E-state index in [4.69, 9.17) is 4.74 Å². The van der Waals surface area contributed by atoms with Crippen LogP contribution < -0.4 is 14.8 Å². The normalized spacial score (nSPS) is 17.4. The summed E-state index contributed by atoms with van der Waals surface area (Å²) >= 11 is 0. The number of urea groups is 1. The topological polar surface area (TPSA) is 108 Å². The Labute approximate surface area is 206 Å². The number of piperidine rings is 1. The monoisotopic (exact) mass is 500 g/mol. The van der Waals surface area contributed by atoms with E-state index in [0.29, 0.717) is 37.6 Å². The number of sulfonamides is 1. The van der Waals surface area contributed by atoms with Gasteiger partial charge in [0.15, 0.2) is 0 Å². The number of nitrogens with one attached hydrogen (secondary N) is 2. The van der Waals surface area contributed by atoms with Gasteiger partial charge in [-0.3, -0.25) is 4.79 Å². The highest BCUT2D eigenvalue weighted by Gasteiger charge is 2.42. The van der Waals surface area contributed by atoms with Crippen LogP contribution in [0.2, 0.25) is 0 Å². The number of carbonyl (C=O) groups is 2. The molecule has 0 radical (unpaired) electrons. The molecule has 0 aromatic heterocycles. The minimum Gasteiger partial charge on any atom is -0.495 e. The van der Waals surface area contributed by atoms with Crippen molar-refractivity contribution >= 4 is 27.6 Å². The number of hydrogen-bond donors (Lipinski definition) is 2. The SMILES string of the molecule is COc1ccccc1NC(=O)N1CCC2(CCN(C(=O)CNS(=O)(=O)c3ccc(C)cc3)C2)CC1. The number of benzene rings is 2. The molecule has 9 nitrogen and oxygen atoms in total. The summed E-state index contributed by atoms with van der Waals surface area (Å²) in [6, 6.07) is 13.6. The van der Waals surface area contributed by atoms with E-state index in [1.165, 1.54) is 12.1 Å². The fourth-order valence-electron chi connectivity index (χ4n) is 4.75. The predicted octanol–water partition coefficient (Wildman–Crippen LogP) is 2.83. The third-order valence-corrected chi connectivity index (χ3v) is 8.41. The second kappa shape index (κ2) is 10.2. The van der Waals surface area contributed by atoms with Crippen LogP contribution in [-0.2, 0) is 14.8 Å². The van der Waals surface area contributed by atoms with Crippen LogP contribution >= 0.6 is 0 Å². The average molecular weight is 501 g/mol. The number of ether oxygens (including phenoxy) is 1. The minimum atomic E-state index is -3.74. The lowest BCUT2D eigenvalue weighted by atomic mass is 9.78. The largest absolute Gasteiger partial charge is 0.495 e. The number of methoxy groups -OCH3 is 1. The molecule has 35 heavy (non-hydrogen) atoms. The molecule has 2 aromatic rings. The number of amides is 3. The molecule has 2 aromatic carbocycles. The number of rotatable bonds is 6. The van der Waals surface area contributed by atoms with E-state index in [-0.39, 0.29) is 28.8 Å². The van der Waals surface area contributed by atoms with Gasteiger partial charge in [-0.1, -0.05) is 29.8 Å². The lowest BCUT2D eigenvalue weighted by Crippen LogP contribution is -2.46. The summed E-state index contributed by atoms with van der Waals surface area (Å²) in [6.45, 7) is 4.00. The van der Waals surface area contributed by atoms with Crippen molar-refractivity contribution < 1.29 is 22.7 Å². The van der Waals surface area contributed by atoms with E-state index < -0.39 is 10.0 Å². The quantitative estimate of drug-likeness (QED) is 0.634. The maximum atomic E-state index is 12.8. The first-order chi connectivity index (χ1) is 16.7. The Morgan fingerprint density at radius 1 is 0.971 bits per heavy atom. The smallest absolute Gasteiger partial charge is 0.321 e. The van der Waals surface area contributed by atoms with Crippen molar-refractivity contribution in [3.8, 4) is 5.75 Å².